The molecule has 6 nitrogen and oxygen atoms in total. The van der Waals surface area contributed by atoms with Crippen molar-refractivity contribution in [2.45, 2.75) is 38.6 Å². The third kappa shape index (κ3) is 1.82. The monoisotopic (exact) mass is 357 g/mol. The summed E-state index contributed by atoms with van der Waals surface area (Å²) in [6.45, 7) is 5.32. The van der Waals surface area contributed by atoms with Gasteiger partial charge in [0.1, 0.15) is 5.54 Å². The zero-order valence-electron chi connectivity index (χ0n) is 15.9. The second-order valence-corrected chi connectivity index (χ2v) is 8.33. The summed E-state index contributed by atoms with van der Waals surface area (Å²) in [4.78, 5) is 12.6. The summed E-state index contributed by atoms with van der Waals surface area (Å²) < 4.78 is 10.6. The zero-order chi connectivity index (χ0) is 18.7. The molecule has 3 aliphatic rings. The number of piperidine rings is 1. The highest BCUT2D eigenvalue weighted by atomic mass is 16.5. The van der Waals surface area contributed by atoms with Crippen LogP contribution in [0.3, 0.4) is 0 Å². The van der Waals surface area contributed by atoms with E-state index in [2.05, 4.69) is 13.8 Å². The summed E-state index contributed by atoms with van der Waals surface area (Å²) >= 11 is 0. The van der Waals surface area contributed by atoms with Crippen LogP contribution in [-0.2, 0) is 4.79 Å². The molecule has 3 fully saturated rings. The molecule has 26 heavy (non-hydrogen) atoms. The van der Waals surface area contributed by atoms with E-state index in [0.29, 0.717) is 17.4 Å². The van der Waals surface area contributed by atoms with Crippen LogP contribution in [0.2, 0.25) is 0 Å². The lowest BCUT2D eigenvalue weighted by atomic mass is 9.65. The van der Waals surface area contributed by atoms with E-state index in [1.807, 2.05) is 23.2 Å². The number of hydrogen-bond acceptors (Lipinski definition) is 5. The fraction of sp³-hybridized carbons (Fsp3) is 0.600. The summed E-state index contributed by atoms with van der Waals surface area (Å²) in [6, 6.07) is 5.65. The SMILES string of the molecule is COc1ccc(/C=N\N2C[C@@]3(C)[C@@H]4CC[C@]3(C)[C@@]2(C(N)=O)C4)cc1OC. The van der Waals surface area contributed by atoms with Gasteiger partial charge in [-0.3, -0.25) is 9.80 Å². The molecule has 0 spiro atoms. The molecule has 4 atom stereocenters. The first-order valence-corrected chi connectivity index (χ1v) is 9.16. The van der Waals surface area contributed by atoms with E-state index in [-0.39, 0.29) is 16.7 Å². The number of hydrazone groups is 1. The van der Waals surface area contributed by atoms with E-state index in [1.165, 1.54) is 6.42 Å². The summed E-state index contributed by atoms with van der Waals surface area (Å²) in [5, 5.41) is 6.68. The number of benzene rings is 1. The quantitative estimate of drug-likeness (QED) is 0.821. The molecule has 1 aromatic carbocycles. The fourth-order valence-electron chi connectivity index (χ4n) is 5.95. The van der Waals surface area contributed by atoms with Crippen molar-refractivity contribution in [1.82, 2.24) is 5.01 Å². The minimum absolute atomic E-state index is 0.0942. The van der Waals surface area contributed by atoms with Gasteiger partial charge in [0, 0.05) is 12.0 Å². The van der Waals surface area contributed by atoms with Gasteiger partial charge in [-0.15, -0.1) is 0 Å². The normalized spacial score (nSPS) is 37.5. The zero-order valence-corrected chi connectivity index (χ0v) is 15.9. The first kappa shape index (κ1) is 17.2. The van der Waals surface area contributed by atoms with Gasteiger partial charge in [0.05, 0.1) is 20.4 Å². The van der Waals surface area contributed by atoms with Gasteiger partial charge in [0.25, 0.3) is 0 Å². The van der Waals surface area contributed by atoms with E-state index in [0.717, 1.165) is 24.9 Å². The largest absolute Gasteiger partial charge is 0.493 e. The molecule has 0 aromatic heterocycles. The molecule has 0 unspecified atom stereocenters. The summed E-state index contributed by atoms with van der Waals surface area (Å²) in [6.07, 6.45) is 4.83. The minimum atomic E-state index is -0.669. The Balaban J connectivity index is 1.67. The van der Waals surface area contributed by atoms with Crippen molar-refractivity contribution in [3.05, 3.63) is 23.8 Å². The highest BCUT2D eigenvalue weighted by Crippen LogP contribution is 2.75. The maximum atomic E-state index is 12.6. The molecule has 1 saturated heterocycles. The van der Waals surface area contributed by atoms with E-state index < -0.39 is 5.54 Å². The number of nitrogens with two attached hydrogens (primary N) is 1. The van der Waals surface area contributed by atoms with Gasteiger partial charge in [0.2, 0.25) is 5.91 Å². The van der Waals surface area contributed by atoms with Crippen LogP contribution in [0.5, 0.6) is 11.5 Å². The highest BCUT2D eigenvalue weighted by Gasteiger charge is 2.80. The number of amides is 1. The average Bonchev–Trinajstić information content (AvgIpc) is 3.08. The van der Waals surface area contributed by atoms with Gasteiger partial charge in [0.15, 0.2) is 11.5 Å². The number of methoxy groups -OCH3 is 2. The summed E-state index contributed by atoms with van der Waals surface area (Å²) in [7, 11) is 3.22. The molecule has 140 valence electrons. The van der Waals surface area contributed by atoms with Crippen molar-refractivity contribution in [3.8, 4) is 11.5 Å². The molecular formula is C20H27N3O3. The van der Waals surface area contributed by atoms with E-state index in [1.54, 1.807) is 20.4 Å². The third-order valence-corrected chi connectivity index (χ3v) is 7.69. The lowest BCUT2D eigenvalue weighted by Gasteiger charge is -2.44. The standard InChI is InChI=1S/C20H27N3O3/c1-18-12-23(20(17(21)24)10-14(18)7-8-19(18,20)2)22-11-13-5-6-15(25-3)16(9-13)26-4/h5-6,9,11,14H,7-8,10,12H2,1-4H3,(H2,21,24)/b22-11-/t14-,18+,19+,20+/m1/s1. The fourth-order valence-corrected chi connectivity index (χ4v) is 5.95. The third-order valence-electron chi connectivity index (χ3n) is 7.69. The Hall–Kier alpha value is -2.24. The molecule has 4 bridgehead atoms. The van der Waals surface area contributed by atoms with Crippen LogP contribution in [0.4, 0.5) is 0 Å². The Labute approximate surface area is 154 Å². The second-order valence-electron chi connectivity index (χ2n) is 8.33. The average molecular weight is 357 g/mol. The van der Waals surface area contributed by atoms with Crippen molar-refractivity contribution in [2.24, 2.45) is 27.6 Å². The maximum Gasteiger partial charge on any atom is 0.245 e. The van der Waals surface area contributed by atoms with Gasteiger partial charge < -0.3 is 15.2 Å². The topological polar surface area (TPSA) is 77.1 Å². The van der Waals surface area contributed by atoms with E-state index >= 15 is 0 Å². The molecule has 4 rings (SSSR count). The molecular weight excluding hydrogens is 330 g/mol. The number of hydrogen-bond donors (Lipinski definition) is 1. The molecule has 2 aliphatic carbocycles. The molecule has 6 heteroatoms. The highest BCUT2D eigenvalue weighted by molar-refractivity contribution is 5.88. The predicted molar refractivity (Wildman–Crippen MR) is 99.3 cm³/mol. The Morgan fingerprint density at radius 2 is 2.04 bits per heavy atom. The molecule has 0 radical (unpaired) electrons. The molecule has 1 aromatic rings. The van der Waals surface area contributed by atoms with Crippen LogP contribution in [0.15, 0.2) is 23.3 Å². The van der Waals surface area contributed by atoms with Gasteiger partial charge >= 0.3 is 0 Å². The van der Waals surface area contributed by atoms with Gasteiger partial charge in [-0.05, 0) is 54.4 Å². The van der Waals surface area contributed by atoms with Crippen molar-refractivity contribution in [2.75, 3.05) is 20.8 Å². The molecule has 1 heterocycles. The number of carbonyl (C=O) groups excluding carboxylic acids is 1. The van der Waals surface area contributed by atoms with Gasteiger partial charge in [-0.1, -0.05) is 13.8 Å². The maximum absolute atomic E-state index is 12.6. The first-order valence-electron chi connectivity index (χ1n) is 9.16. The van der Waals surface area contributed by atoms with Crippen LogP contribution in [-0.4, -0.2) is 43.4 Å². The van der Waals surface area contributed by atoms with E-state index in [4.69, 9.17) is 20.3 Å². The van der Waals surface area contributed by atoms with Crippen LogP contribution in [0.25, 0.3) is 0 Å². The first-order chi connectivity index (χ1) is 12.3. The Bertz CT molecular complexity index is 795. The molecule has 1 amide bonds. The van der Waals surface area contributed by atoms with Crippen molar-refractivity contribution >= 4 is 12.1 Å². The summed E-state index contributed by atoms with van der Waals surface area (Å²) in [5.41, 5.74) is 6.17. The van der Waals surface area contributed by atoms with Crippen LogP contribution >= 0.6 is 0 Å². The Kier molecular flexibility index (Phi) is 3.56. The number of ether oxygens (including phenoxy) is 2. The van der Waals surface area contributed by atoms with Crippen LogP contribution < -0.4 is 15.2 Å². The smallest absolute Gasteiger partial charge is 0.245 e. The Morgan fingerprint density at radius 1 is 1.31 bits per heavy atom. The Morgan fingerprint density at radius 3 is 2.65 bits per heavy atom. The van der Waals surface area contributed by atoms with Crippen LogP contribution in [0.1, 0.15) is 38.7 Å². The van der Waals surface area contributed by atoms with Crippen LogP contribution in [0, 0.1) is 16.7 Å². The molecule has 2 saturated carbocycles. The lowest BCUT2D eigenvalue weighted by molar-refractivity contribution is -0.135. The number of nitrogens with zero attached hydrogens (tertiary/aromatic N) is 2. The lowest BCUT2D eigenvalue weighted by Crippen LogP contribution is -2.60. The van der Waals surface area contributed by atoms with E-state index in [9.17, 15) is 4.79 Å². The number of carbonyl (C=O) groups is 1. The van der Waals surface area contributed by atoms with Gasteiger partial charge in [-0.2, -0.15) is 5.10 Å². The second kappa shape index (κ2) is 5.38. The number of primary amides is 1. The van der Waals surface area contributed by atoms with Crippen molar-refractivity contribution in [1.29, 1.82) is 0 Å². The molecule has 2 N–H and O–H groups in total. The predicted octanol–water partition coefficient (Wildman–Crippen LogP) is 2.40. The minimum Gasteiger partial charge on any atom is -0.493 e. The summed E-state index contributed by atoms with van der Waals surface area (Å²) in [5.74, 6) is 1.65. The molecule has 1 aliphatic heterocycles. The van der Waals surface area contributed by atoms with Gasteiger partial charge in [-0.25, -0.2) is 0 Å². The van der Waals surface area contributed by atoms with Crippen molar-refractivity contribution in [3.63, 3.8) is 0 Å². The van der Waals surface area contributed by atoms with Crippen molar-refractivity contribution < 1.29 is 14.3 Å². The number of rotatable bonds is 5.